The van der Waals surface area contributed by atoms with Crippen LogP contribution in [0.4, 0.5) is 5.69 Å². The first-order valence-corrected chi connectivity index (χ1v) is 7.40. The van der Waals surface area contributed by atoms with Gasteiger partial charge < -0.3 is 10.2 Å². The number of nitrogens with one attached hydrogen (secondary N) is 1. The Bertz CT molecular complexity index is 396. The Labute approximate surface area is 110 Å². The lowest BCUT2D eigenvalue weighted by Gasteiger charge is -2.37. The second-order valence-corrected chi connectivity index (χ2v) is 5.86. The van der Waals surface area contributed by atoms with Crippen molar-refractivity contribution in [3.63, 3.8) is 0 Å². The predicted molar refractivity (Wildman–Crippen MR) is 77.2 cm³/mol. The first-order valence-electron chi connectivity index (χ1n) is 7.40. The second kappa shape index (κ2) is 5.31. The Morgan fingerprint density at radius 3 is 3.00 bits per heavy atom. The average molecular weight is 244 g/mol. The van der Waals surface area contributed by atoms with Crippen molar-refractivity contribution in [2.24, 2.45) is 5.92 Å². The molecule has 2 atom stereocenters. The van der Waals surface area contributed by atoms with Crippen LogP contribution in [0.2, 0.25) is 0 Å². The van der Waals surface area contributed by atoms with Gasteiger partial charge in [0.25, 0.3) is 0 Å². The molecule has 0 radical (unpaired) electrons. The smallest absolute Gasteiger partial charge is 0.0401 e. The van der Waals surface area contributed by atoms with Crippen LogP contribution in [0, 0.1) is 5.92 Å². The van der Waals surface area contributed by atoms with Crippen LogP contribution in [0.1, 0.15) is 31.7 Å². The minimum atomic E-state index is 0.703. The molecule has 0 amide bonds. The summed E-state index contributed by atoms with van der Waals surface area (Å²) in [6, 6.07) is 9.66. The number of hydrogen-bond donors (Lipinski definition) is 1. The van der Waals surface area contributed by atoms with E-state index in [9.17, 15) is 0 Å². The molecule has 2 aliphatic heterocycles. The predicted octanol–water partition coefficient (Wildman–Crippen LogP) is 2.83. The van der Waals surface area contributed by atoms with Crippen LogP contribution in [0.25, 0.3) is 0 Å². The van der Waals surface area contributed by atoms with E-state index in [0.29, 0.717) is 6.04 Å². The van der Waals surface area contributed by atoms with Gasteiger partial charge in [0.15, 0.2) is 0 Å². The number of rotatable bonds is 3. The van der Waals surface area contributed by atoms with Crippen LogP contribution in [0.3, 0.4) is 0 Å². The molecule has 1 fully saturated rings. The number of hydrogen-bond acceptors (Lipinski definition) is 2. The van der Waals surface area contributed by atoms with Gasteiger partial charge in [0.2, 0.25) is 0 Å². The normalized spacial score (nSPS) is 27.3. The van der Waals surface area contributed by atoms with E-state index in [1.165, 1.54) is 51.0 Å². The van der Waals surface area contributed by atoms with Gasteiger partial charge in [-0.2, -0.15) is 0 Å². The van der Waals surface area contributed by atoms with E-state index in [0.717, 1.165) is 5.92 Å². The minimum Gasteiger partial charge on any atom is -0.369 e. The zero-order valence-corrected chi connectivity index (χ0v) is 11.4. The molecule has 2 heterocycles. The fourth-order valence-corrected chi connectivity index (χ4v) is 3.38. The summed E-state index contributed by atoms with van der Waals surface area (Å²) in [5, 5.41) is 3.47. The summed E-state index contributed by atoms with van der Waals surface area (Å²) < 4.78 is 0. The first kappa shape index (κ1) is 12.0. The standard InChI is InChI=1S/C16H24N2/c1-13-6-7-15-4-2-3-5-16(15)18(13)11-9-14-8-10-17-12-14/h2-5,13-14,17H,6-12H2,1H3. The van der Waals surface area contributed by atoms with Crippen molar-refractivity contribution in [2.45, 2.75) is 38.6 Å². The summed E-state index contributed by atoms with van der Waals surface area (Å²) in [6.45, 7) is 6.05. The monoisotopic (exact) mass is 244 g/mol. The van der Waals surface area contributed by atoms with Gasteiger partial charge >= 0.3 is 0 Å². The molecule has 1 aromatic rings. The molecule has 18 heavy (non-hydrogen) atoms. The molecule has 2 unspecified atom stereocenters. The van der Waals surface area contributed by atoms with Gasteiger partial charge in [0, 0.05) is 18.3 Å². The molecular weight excluding hydrogens is 220 g/mol. The lowest BCUT2D eigenvalue weighted by atomic mass is 9.95. The quantitative estimate of drug-likeness (QED) is 0.879. The zero-order valence-electron chi connectivity index (χ0n) is 11.4. The molecule has 0 saturated carbocycles. The van der Waals surface area contributed by atoms with E-state index >= 15 is 0 Å². The Balaban J connectivity index is 1.69. The van der Waals surface area contributed by atoms with Crippen LogP contribution >= 0.6 is 0 Å². The van der Waals surface area contributed by atoms with Crippen molar-refractivity contribution in [3.05, 3.63) is 29.8 Å². The molecular formula is C16H24N2. The van der Waals surface area contributed by atoms with Crippen LogP contribution in [-0.2, 0) is 6.42 Å². The van der Waals surface area contributed by atoms with E-state index in [-0.39, 0.29) is 0 Å². The molecule has 2 aliphatic rings. The number of para-hydroxylation sites is 1. The van der Waals surface area contributed by atoms with Crippen molar-refractivity contribution in [1.29, 1.82) is 0 Å². The van der Waals surface area contributed by atoms with E-state index < -0.39 is 0 Å². The second-order valence-electron chi connectivity index (χ2n) is 5.86. The lowest BCUT2D eigenvalue weighted by molar-refractivity contribution is 0.486. The highest BCUT2D eigenvalue weighted by Gasteiger charge is 2.23. The molecule has 2 nitrogen and oxygen atoms in total. The third kappa shape index (κ3) is 2.39. The lowest BCUT2D eigenvalue weighted by Crippen LogP contribution is -2.38. The topological polar surface area (TPSA) is 15.3 Å². The third-order valence-corrected chi connectivity index (χ3v) is 4.61. The maximum Gasteiger partial charge on any atom is 0.0401 e. The van der Waals surface area contributed by atoms with Crippen LogP contribution in [0.5, 0.6) is 0 Å². The minimum absolute atomic E-state index is 0.703. The van der Waals surface area contributed by atoms with E-state index in [2.05, 4.69) is 41.4 Å². The highest BCUT2D eigenvalue weighted by atomic mass is 15.2. The third-order valence-electron chi connectivity index (χ3n) is 4.61. The van der Waals surface area contributed by atoms with E-state index in [1.54, 1.807) is 5.56 Å². The summed E-state index contributed by atoms with van der Waals surface area (Å²) in [4.78, 5) is 2.64. The number of anilines is 1. The Kier molecular flexibility index (Phi) is 3.55. The number of benzene rings is 1. The molecule has 0 aliphatic carbocycles. The van der Waals surface area contributed by atoms with Crippen LogP contribution in [0.15, 0.2) is 24.3 Å². The van der Waals surface area contributed by atoms with E-state index in [4.69, 9.17) is 0 Å². The van der Waals surface area contributed by atoms with Crippen LogP contribution < -0.4 is 10.2 Å². The van der Waals surface area contributed by atoms with E-state index in [1.807, 2.05) is 0 Å². The van der Waals surface area contributed by atoms with Crippen molar-refractivity contribution in [2.75, 3.05) is 24.5 Å². The maximum atomic E-state index is 3.47. The highest BCUT2D eigenvalue weighted by Crippen LogP contribution is 2.31. The molecule has 1 N–H and O–H groups in total. The number of aryl methyl sites for hydroxylation is 1. The average Bonchev–Trinajstić information content (AvgIpc) is 2.91. The van der Waals surface area contributed by atoms with Crippen molar-refractivity contribution < 1.29 is 0 Å². The van der Waals surface area contributed by atoms with Gasteiger partial charge in [-0.05, 0) is 63.2 Å². The van der Waals surface area contributed by atoms with Crippen molar-refractivity contribution in [3.8, 4) is 0 Å². The molecule has 0 bridgehead atoms. The van der Waals surface area contributed by atoms with Gasteiger partial charge in [-0.25, -0.2) is 0 Å². The summed E-state index contributed by atoms with van der Waals surface area (Å²) in [6.07, 6.45) is 5.26. The molecule has 0 spiro atoms. The summed E-state index contributed by atoms with van der Waals surface area (Å²) in [5.41, 5.74) is 3.03. The fourth-order valence-electron chi connectivity index (χ4n) is 3.38. The fraction of sp³-hybridized carbons (Fsp3) is 0.625. The molecule has 3 rings (SSSR count). The van der Waals surface area contributed by atoms with Gasteiger partial charge in [-0.3, -0.25) is 0 Å². The first-order chi connectivity index (χ1) is 8.84. The van der Waals surface area contributed by atoms with Gasteiger partial charge in [-0.1, -0.05) is 18.2 Å². The van der Waals surface area contributed by atoms with Crippen LogP contribution in [-0.4, -0.2) is 25.7 Å². The summed E-state index contributed by atoms with van der Waals surface area (Å²) in [5.74, 6) is 0.895. The largest absolute Gasteiger partial charge is 0.369 e. The highest BCUT2D eigenvalue weighted by molar-refractivity contribution is 5.56. The van der Waals surface area contributed by atoms with Gasteiger partial charge in [0.05, 0.1) is 0 Å². The Morgan fingerprint density at radius 2 is 2.17 bits per heavy atom. The molecule has 2 heteroatoms. The molecule has 0 aromatic heterocycles. The SMILES string of the molecule is CC1CCc2ccccc2N1CCC1CCNC1. The van der Waals surface area contributed by atoms with Gasteiger partial charge in [0.1, 0.15) is 0 Å². The number of fused-ring (bicyclic) bond motifs is 1. The van der Waals surface area contributed by atoms with Gasteiger partial charge in [-0.15, -0.1) is 0 Å². The zero-order chi connectivity index (χ0) is 12.4. The molecule has 1 aromatic carbocycles. The van der Waals surface area contributed by atoms with Crippen molar-refractivity contribution >= 4 is 5.69 Å². The molecule has 98 valence electrons. The number of nitrogens with zero attached hydrogens (tertiary/aromatic N) is 1. The Morgan fingerprint density at radius 1 is 1.28 bits per heavy atom. The Hall–Kier alpha value is -1.02. The van der Waals surface area contributed by atoms with Crippen molar-refractivity contribution in [1.82, 2.24) is 5.32 Å². The maximum absolute atomic E-state index is 3.47. The summed E-state index contributed by atoms with van der Waals surface area (Å²) in [7, 11) is 0. The summed E-state index contributed by atoms with van der Waals surface area (Å²) >= 11 is 0. The molecule has 1 saturated heterocycles.